The van der Waals surface area contributed by atoms with E-state index < -0.39 is 0 Å². The maximum Gasteiger partial charge on any atom is 0.145 e. The fraction of sp³-hybridized carbons (Fsp3) is 0.105. The summed E-state index contributed by atoms with van der Waals surface area (Å²) in [6.07, 6.45) is 0. The Labute approximate surface area is 139 Å². The summed E-state index contributed by atoms with van der Waals surface area (Å²) in [6, 6.07) is 18.5. The lowest BCUT2D eigenvalue weighted by Gasteiger charge is -2.22. The van der Waals surface area contributed by atoms with Crippen LogP contribution < -0.4 is 10.1 Å². The third-order valence-corrected chi connectivity index (χ3v) is 5.19. The molecule has 0 saturated carbocycles. The van der Waals surface area contributed by atoms with Gasteiger partial charge >= 0.3 is 0 Å². The van der Waals surface area contributed by atoms with Crippen molar-refractivity contribution in [3.63, 3.8) is 0 Å². The van der Waals surface area contributed by atoms with E-state index in [0.29, 0.717) is 0 Å². The average Bonchev–Trinajstić information content (AvgIpc) is 2.60. The molecule has 1 aromatic heterocycles. The molecule has 0 fully saturated rings. The van der Waals surface area contributed by atoms with Gasteiger partial charge < -0.3 is 10.1 Å². The largest absolute Gasteiger partial charge is 0.497 e. The zero-order chi connectivity index (χ0) is 15.8. The van der Waals surface area contributed by atoms with E-state index in [2.05, 4.69) is 36.5 Å². The summed E-state index contributed by atoms with van der Waals surface area (Å²) in [7, 11) is 1.68. The van der Waals surface area contributed by atoms with Crippen LogP contribution in [0.25, 0.3) is 11.3 Å². The Morgan fingerprint density at radius 2 is 1.83 bits per heavy atom. The first-order valence-corrected chi connectivity index (χ1v) is 8.26. The number of methoxy groups -OCH3 is 1. The number of para-hydroxylation sites is 1. The molecule has 2 heterocycles. The molecule has 3 nitrogen and oxygen atoms in total. The number of anilines is 2. The van der Waals surface area contributed by atoms with E-state index in [-0.39, 0.29) is 0 Å². The van der Waals surface area contributed by atoms with Crippen LogP contribution in [0.3, 0.4) is 0 Å². The molecule has 0 spiro atoms. The van der Waals surface area contributed by atoms with Gasteiger partial charge in [-0.15, -0.1) is 0 Å². The van der Waals surface area contributed by atoms with Gasteiger partial charge in [-0.1, -0.05) is 23.9 Å². The Bertz CT molecular complexity index is 875. The van der Waals surface area contributed by atoms with E-state index in [1.165, 1.54) is 15.4 Å². The molecule has 4 heteroatoms. The molecule has 3 aromatic rings. The summed E-state index contributed by atoms with van der Waals surface area (Å²) in [5, 5.41) is 3.46. The van der Waals surface area contributed by atoms with E-state index >= 15 is 0 Å². The van der Waals surface area contributed by atoms with Crippen LogP contribution in [0.1, 0.15) is 5.56 Å². The minimum atomic E-state index is 0.853. The van der Waals surface area contributed by atoms with Crippen LogP contribution >= 0.6 is 11.8 Å². The van der Waals surface area contributed by atoms with Gasteiger partial charge in [0.15, 0.2) is 0 Å². The maximum absolute atomic E-state index is 5.22. The van der Waals surface area contributed by atoms with Gasteiger partial charge in [0.25, 0.3) is 0 Å². The normalized spacial score (nSPS) is 12.1. The van der Waals surface area contributed by atoms with E-state index in [1.807, 2.05) is 30.3 Å². The Morgan fingerprint density at radius 1 is 1.04 bits per heavy atom. The molecule has 114 valence electrons. The number of aryl methyl sites for hydroxylation is 1. The number of ether oxygens (including phenoxy) is 1. The monoisotopic (exact) mass is 320 g/mol. The molecule has 4 rings (SSSR count). The van der Waals surface area contributed by atoms with E-state index in [9.17, 15) is 0 Å². The Hall–Kier alpha value is -2.46. The predicted octanol–water partition coefficient (Wildman–Crippen LogP) is 5.27. The minimum Gasteiger partial charge on any atom is -0.497 e. The lowest BCUT2D eigenvalue weighted by Crippen LogP contribution is -2.04. The fourth-order valence-electron chi connectivity index (χ4n) is 2.68. The van der Waals surface area contributed by atoms with Gasteiger partial charge in [-0.3, -0.25) is 0 Å². The van der Waals surface area contributed by atoms with Crippen molar-refractivity contribution in [2.24, 2.45) is 0 Å². The number of rotatable bonds is 2. The molecular weight excluding hydrogens is 304 g/mol. The molecule has 0 aliphatic carbocycles. The number of nitrogens with one attached hydrogen (secondary N) is 1. The second kappa shape index (κ2) is 5.63. The number of fused-ring (bicyclic) bond motifs is 2. The fourth-order valence-corrected chi connectivity index (χ4v) is 3.69. The maximum atomic E-state index is 5.22. The number of benzene rings is 2. The molecule has 1 aliphatic rings. The van der Waals surface area contributed by atoms with E-state index in [0.717, 1.165) is 28.5 Å². The van der Waals surface area contributed by atoms with Crippen LogP contribution in [0.15, 0.2) is 64.4 Å². The first kappa shape index (κ1) is 14.2. The molecule has 0 radical (unpaired) electrons. The third-order valence-electron chi connectivity index (χ3n) is 3.90. The molecule has 2 aromatic carbocycles. The molecule has 0 saturated heterocycles. The highest BCUT2D eigenvalue weighted by atomic mass is 32.2. The Balaban J connectivity index is 1.76. The van der Waals surface area contributed by atoms with Crippen LogP contribution in [0.4, 0.5) is 11.5 Å². The number of hydrogen-bond donors (Lipinski definition) is 1. The summed E-state index contributed by atoms with van der Waals surface area (Å²) < 4.78 is 5.22. The van der Waals surface area contributed by atoms with E-state index in [4.69, 9.17) is 9.72 Å². The van der Waals surface area contributed by atoms with Gasteiger partial charge in [-0.05, 0) is 55.0 Å². The van der Waals surface area contributed by atoms with Gasteiger partial charge in [0.1, 0.15) is 11.6 Å². The van der Waals surface area contributed by atoms with Crippen LogP contribution in [0.2, 0.25) is 0 Å². The van der Waals surface area contributed by atoms with Crippen LogP contribution in [-0.4, -0.2) is 12.1 Å². The van der Waals surface area contributed by atoms with Crippen LogP contribution in [0.5, 0.6) is 5.75 Å². The van der Waals surface area contributed by atoms with Crippen molar-refractivity contribution in [3.8, 4) is 17.0 Å². The summed E-state index contributed by atoms with van der Waals surface area (Å²) >= 11 is 1.77. The van der Waals surface area contributed by atoms with E-state index in [1.54, 1.807) is 18.9 Å². The molecule has 0 atom stereocenters. The zero-order valence-electron chi connectivity index (χ0n) is 13.0. The highest BCUT2D eigenvalue weighted by molar-refractivity contribution is 7.99. The van der Waals surface area contributed by atoms with Crippen molar-refractivity contribution in [1.29, 1.82) is 0 Å². The minimum absolute atomic E-state index is 0.853. The van der Waals surface area contributed by atoms with Crippen molar-refractivity contribution in [2.45, 2.75) is 16.7 Å². The van der Waals surface area contributed by atoms with Gasteiger partial charge in [0.05, 0.1) is 23.4 Å². The van der Waals surface area contributed by atoms with Crippen molar-refractivity contribution in [3.05, 3.63) is 60.2 Å². The first-order valence-electron chi connectivity index (χ1n) is 7.44. The molecule has 1 N–H and O–H groups in total. The van der Waals surface area contributed by atoms with Crippen molar-refractivity contribution in [1.82, 2.24) is 4.98 Å². The second-order valence-electron chi connectivity index (χ2n) is 5.45. The molecular formula is C19H16N2OS. The van der Waals surface area contributed by atoms with Crippen molar-refractivity contribution < 1.29 is 4.74 Å². The smallest absolute Gasteiger partial charge is 0.145 e. The van der Waals surface area contributed by atoms with Crippen molar-refractivity contribution >= 4 is 23.3 Å². The quantitative estimate of drug-likeness (QED) is 0.545. The van der Waals surface area contributed by atoms with Crippen LogP contribution in [-0.2, 0) is 0 Å². The highest BCUT2D eigenvalue weighted by Gasteiger charge is 2.19. The molecule has 0 unspecified atom stereocenters. The SMILES string of the molecule is COc1ccc(-c2cc(C)c3c(n2)Nc2ccccc2S3)cc1. The topological polar surface area (TPSA) is 34.1 Å². The van der Waals surface area contributed by atoms with Gasteiger partial charge in [-0.25, -0.2) is 4.98 Å². The lowest BCUT2D eigenvalue weighted by molar-refractivity contribution is 0.415. The Kier molecular flexibility index (Phi) is 3.46. The number of aromatic nitrogens is 1. The second-order valence-corrected chi connectivity index (χ2v) is 6.51. The van der Waals surface area contributed by atoms with Crippen molar-refractivity contribution in [2.75, 3.05) is 12.4 Å². The van der Waals surface area contributed by atoms with Crippen LogP contribution in [0, 0.1) is 6.92 Å². The molecule has 0 amide bonds. The lowest BCUT2D eigenvalue weighted by atomic mass is 10.1. The third kappa shape index (κ3) is 2.55. The number of hydrogen-bond acceptors (Lipinski definition) is 4. The first-order chi connectivity index (χ1) is 11.2. The zero-order valence-corrected chi connectivity index (χ0v) is 13.8. The van der Waals surface area contributed by atoms with Gasteiger partial charge in [-0.2, -0.15) is 0 Å². The molecule has 0 bridgehead atoms. The van der Waals surface area contributed by atoms with Gasteiger partial charge in [0.2, 0.25) is 0 Å². The van der Waals surface area contributed by atoms with Gasteiger partial charge in [0, 0.05) is 10.5 Å². The summed E-state index contributed by atoms with van der Waals surface area (Å²) in [5.74, 6) is 1.78. The highest BCUT2D eigenvalue weighted by Crippen LogP contribution is 2.45. The predicted molar refractivity (Wildman–Crippen MR) is 94.8 cm³/mol. The summed E-state index contributed by atoms with van der Waals surface area (Å²) in [4.78, 5) is 7.26. The number of pyridine rings is 1. The average molecular weight is 320 g/mol. The molecule has 1 aliphatic heterocycles. The molecule has 23 heavy (non-hydrogen) atoms. The standard InChI is InChI=1S/C19H16N2OS/c1-12-11-16(13-7-9-14(22-2)10-8-13)21-19-18(12)23-17-6-4-3-5-15(17)20-19/h3-11H,1-2H3,(H,20,21). The summed E-state index contributed by atoms with van der Waals surface area (Å²) in [6.45, 7) is 2.14. The Morgan fingerprint density at radius 3 is 2.61 bits per heavy atom. The summed E-state index contributed by atoms with van der Waals surface area (Å²) in [5.41, 5.74) is 4.40. The number of nitrogens with zero attached hydrogens (tertiary/aromatic N) is 1.